The van der Waals surface area contributed by atoms with Crippen LogP contribution in [0, 0.1) is 0 Å². The molecule has 14 heavy (non-hydrogen) atoms. The highest BCUT2D eigenvalue weighted by Crippen LogP contribution is 1.91. The zero-order valence-electron chi connectivity index (χ0n) is 7.19. The fourth-order valence-corrected chi connectivity index (χ4v) is 0.978. The molecule has 0 saturated carbocycles. The number of hydrogen-bond donors (Lipinski definition) is 4. The van der Waals surface area contributed by atoms with E-state index in [1.54, 1.807) is 0 Å². The van der Waals surface area contributed by atoms with E-state index in [9.17, 15) is 16.8 Å². The molecular formula is C3H12N2O7S2. The Balaban J connectivity index is 0. The van der Waals surface area contributed by atoms with Crippen molar-refractivity contribution in [1.29, 1.82) is 0 Å². The van der Waals surface area contributed by atoms with Crippen molar-refractivity contribution in [3.8, 4) is 0 Å². The van der Waals surface area contributed by atoms with Crippen molar-refractivity contribution < 1.29 is 29.6 Å². The molecule has 0 fully saturated rings. The minimum Gasteiger partial charge on any atom is -0.329 e. The van der Waals surface area contributed by atoms with Gasteiger partial charge < -0.3 is 11.5 Å². The van der Waals surface area contributed by atoms with Gasteiger partial charge in [0.15, 0.2) is 0 Å². The predicted octanol–water partition coefficient (Wildman–Crippen LogP) is -2.10. The van der Waals surface area contributed by atoms with E-state index < -0.39 is 20.8 Å². The summed E-state index contributed by atoms with van der Waals surface area (Å²) in [5.41, 5.74) is 10.2. The lowest BCUT2D eigenvalue weighted by molar-refractivity contribution is 0.344. The van der Waals surface area contributed by atoms with Gasteiger partial charge in [-0.2, -0.15) is 16.8 Å². The first-order valence-corrected chi connectivity index (χ1v) is 5.82. The average molecular weight is 252 g/mol. The monoisotopic (exact) mass is 252 g/mol. The maximum Gasteiger partial charge on any atom is 0.413 e. The van der Waals surface area contributed by atoms with Crippen LogP contribution in [0.25, 0.3) is 0 Å². The van der Waals surface area contributed by atoms with Gasteiger partial charge in [0, 0.05) is 12.6 Å². The molecule has 0 rings (SSSR count). The van der Waals surface area contributed by atoms with Crippen molar-refractivity contribution in [1.82, 2.24) is 0 Å². The van der Waals surface area contributed by atoms with Gasteiger partial charge in [-0.1, -0.05) is 0 Å². The molecule has 1 unspecified atom stereocenters. The molecule has 0 bridgehead atoms. The summed E-state index contributed by atoms with van der Waals surface area (Å²) in [6.45, 7) is 2.46. The van der Waals surface area contributed by atoms with E-state index in [1.165, 1.54) is 0 Å². The largest absolute Gasteiger partial charge is 0.413 e. The number of nitrogens with two attached hydrogens (primary N) is 2. The van der Waals surface area contributed by atoms with Crippen molar-refractivity contribution >= 4 is 20.8 Å². The van der Waals surface area contributed by atoms with Crippen LogP contribution < -0.4 is 11.5 Å². The molecule has 0 amide bonds. The van der Waals surface area contributed by atoms with Crippen LogP contribution in [0.3, 0.4) is 0 Å². The number of rotatable bonds is 3. The Morgan fingerprint density at radius 1 is 1.21 bits per heavy atom. The summed E-state index contributed by atoms with van der Waals surface area (Å²) in [7, 11) is -10.2. The Morgan fingerprint density at radius 2 is 1.43 bits per heavy atom. The third-order valence-electron chi connectivity index (χ3n) is 0.544. The lowest BCUT2D eigenvalue weighted by Gasteiger charge is -1.92. The standard InChI is InChI=1S/C3H10N2.H2O7S2/c1-3(5)2-4;1-8(2,3)7-9(4,5)6/h3H,2,4-5H2,1H3;(H,1,2,3)(H,4,5,6). The molecule has 0 aromatic heterocycles. The Morgan fingerprint density at radius 3 is 1.43 bits per heavy atom. The second kappa shape index (κ2) is 6.23. The predicted molar refractivity (Wildman–Crippen MR) is 46.9 cm³/mol. The average Bonchev–Trinajstić information content (AvgIpc) is 1.80. The molecule has 0 aliphatic heterocycles. The zero-order chi connectivity index (χ0) is 12.0. The lowest BCUT2D eigenvalue weighted by Crippen LogP contribution is -2.25. The molecule has 9 nitrogen and oxygen atoms in total. The molecule has 0 aliphatic rings. The summed E-state index contributed by atoms with van der Waals surface area (Å²) in [5, 5.41) is 0. The molecule has 88 valence electrons. The summed E-state index contributed by atoms with van der Waals surface area (Å²) >= 11 is 0. The van der Waals surface area contributed by atoms with Crippen LogP contribution in [0.15, 0.2) is 0 Å². The third-order valence-corrected chi connectivity index (χ3v) is 1.92. The summed E-state index contributed by atoms with van der Waals surface area (Å²) in [4.78, 5) is 0. The van der Waals surface area contributed by atoms with E-state index in [0.717, 1.165) is 0 Å². The van der Waals surface area contributed by atoms with E-state index >= 15 is 0 Å². The van der Waals surface area contributed by atoms with Crippen LogP contribution >= 0.6 is 0 Å². The van der Waals surface area contributed by atoms with Crippen molar-refractivity contribution in [2.75, 3.05) is 6.54 Å². The van der Waals surface area contributed by atoms with Crippen molar-refractivity contribution in [3.05, 3.63) is 0 Å². The number of hydrogen-bond acceptors (Lipinski definition) is 7. The molecule has 0 heterocycles. The maximum atomic E-state index is 9.44. The van der Waals surface area contributed by atoms with Crippen LogP contribution in [0.5, 0.6) is 0 Å². The SMILES string of the molecule is CC(N)CN.O=S(=O)(O)OS(=O)(=O)O. The molecule has 11 heteroatoms. The first-order valence-electron chi connectivity index (χ1n) is 3.09. The normalized spacial score (nSPS) is 14.1. The zero-order valence-corrected chi connectivity index (χ0v) is 8.82. The highest BCUT2D eigenvalue weighted by molar-refractivity contribution is 7.94. The molecule has 0 aliphatic carbocycles. The topological polar surface area (TPSA) is 170 Å². The molecule has 0 aromatic rings. The van der Waals surface area contributed by atoms with Gasteiger partial charge in [0.2, 0.25) is 0 Å². The second-order valence-corrected chi connectivity index (χ2v) is 4.39. The molecule has 6 N–H and O–H groups in total. The minimum atomic E-state index is -5.12. The Labute approximate surface area is 81.9 Å². The van der Waals surface area contributed by atoms with E-state index in [4.69, 9.17) is 20.6 Å². The second-order valence-electron chi connectivity index (χ2n) is 2.14. The van der Waals surface area contributed by atoms with Gasteiger partial charge in [-0.15, -0.1) is 3.63 Å². The van der Waals surface area contributed by atoms with E-state index in [0.29, 0.717) is 6.54 Å². The lowest BCUT2D eigenvalue weighted by atomic mass is 10.4. The Kier molecular flexibility index (Phi) is 7.19. The van der Waals surface area contributed by atoms with Crippen molar-refractivity contribution in [2.24, 2.45) is 11.5 Å². The fourth-order valence-electron chi connectivity index (χ4n) is 0.109. The van der Waals surface area contributed by atoms with Gasteiger partial charge in [-0.3, -0.25) is 9.11 Å². The molecule has 1 atom stereocenters. The van der Waals surface area contributed by atoms with Gasteiger partial charge in [0.1, 0.15) is 0 Å². The van der Waals surface area contributed by atoms with Crippen LogP contribution in [0.2, 0.25) is 0 Å². The Hall–Kier alpha value is -0.300. The fraction of sp³-hybridized carbons (Fsp3) is 1.00. The molecule has 0 spiro atoms. The smallest absolute Gasteiger partial charge is 0.329 e. The summed E-state index contributed by atoms with van der Waals surface area (Å²) in [5.74, 6) is 0. The van der Waals surface area contributed by atoms with Crippen molar-refractivity contribution in [2.45, 2.75) is 13.0 Å². The van der Waals surface area contributed by atoms with E-state index in [1.807, 2.05) is 6.92 Å². The molecular weight excluding hydrogens is 240 g/mol. The van der Waals surface area contributed by atoms with Crippen LogP contribution in [-0.4, -0.2) is 38.5 Å². The van der Waals surface area contributed by atoms with Gasteiger partial charge in [-0.25, -0.2) is 0 Å². The Bertz CT molecular complexity index is 300. The summed E-state index contributed by atoms with van der Waals surface area (Å²) < 4.78 is 55.6. The maximum absolute atomic E-state index is 9.44. The van der Waals surface area contributed by atoms with Gasteiger partial charge in [0.25, 0.3) is 0 Å². The summed E-state index contributed by atoms with van der Waals surface area (Å²) in [6.07, 6.45) is 0. The first-order chi connectivity index (χ1) is 5.98. The van der Waals surface area contributed by atoms with Crippen LogP contribution in [0.4, 0.5) is 0 Å². The first kappa shape index (κ1) is 16.1. The molecule has 0 aromatic carbocycles. The van der Waals surface area contributed by atoms with Crippen molar-refractivity contribution in [3.63, 3.8) is 0 Å². The molecule has 0 radical (unpaired) electrons. The van der Waals surface area contributed by atoms with Gasteiger partial charge in [-0.05, 0) is 6.92 Å². The summed E-state index contributed by atoms with van der Waals surface area (Å²) in [6, 6.07) is 0.162. The van der Waals surface area contributed by atoms with Crippen LogP contribution in [-0.2, 0) is 24.4 Å². The highest BCUT2D eigenvalue weighted by atomic mass is 32.3. The molecule has 0 saturated heterocycles. The van der Waals surface area contributed by atoms with Crippen LogP contribution in [0.1, 0.15) is 6.92 Å². The quantitative estimate of drug-likeness (QED) is 0.410. The van der Waals surface area contributed by atoms with E-state index in [-0.39, 0.29) is 6.04 Å². The highest BCUT2D eigenvalue weighted by Gasteiger charge is 2.15. The van der Waals surface area contributed by atoms with Gasteiger partial charge >= 0.3 is 20.8 Å². The van der Waals surface area contributed by atoms with E-state index in [2.05, 4.69) is 3.63 Å². The minimum absolute atomic E-state index is 0.162. The van der Waals surface area contributed by atoms with Gasteiger partial charge in [0.05, 0.1) is 0 Å². The third kappa shape index (κ3) is 22.6.